The lowest BCUT2D eigenvalue weighted by Crippen LogP contribution is -2.31. The molecule has 5 nitrogen and oxygen atoms in total. The number of aliphatic hydroxyl groups is 1. The van der Waals surface area contributed by atoms with Crippen molar-refractivity contribution in [1.82, 2.24) is 4.98 Å². The molecule has 6 heteroatoms. The van der Waals surface area contributed by atoms with Gasteiger partial charge in [0.25, 0.3) is 5.91 Å². The number of anilines is 1. The summed E-state index contributed by atoms with van der Waals surface area (Å²) in [7, 11) is 0. The van der Waals surface area contributed by atoms with Crippen LogP contribution in [-0.4, -0.2) is 35.3 Å². The van der Waals surface area contributed by atoms with Crippen LogP contribution in [-0.2, 0) is 9.53 Å². The van der Waals surface area contributed by atoms with E-state index in [1.54, 1.807) is 6.20 Å². The minimum absolute atomic E-state index is 0.0479. The van der Waals surface area contributed by atoms with E-state index in [0.29, 0.717) is 18.2 Å². The second-order valence-corrected chi connectivity index (χ2v) is 5.38. The van der Waals surface area contributed by atoms with Gasteiger partial charge < -0.3 is 9.84 Å². The van der Waals surface area contributed by atoms with Crippen molar-refractivity contribution in [3.63, 3.8) is 0 Å². The Hall–Kier alpha value is -1.42. The summed E-state index contributed by atoms with van der Waals surface area (Å²) in [6.07, 6.45) is 2.58. The van der Waals surface area contributed by atoms with E-state index < -0.39 is 0 Å². The summed E-state index contributed by atoms with van der Waals surface area (Å²) in [4.78, 5) is 16.8. The van der Waals surface area contributed by atoms with Gasteiger partial charge in [0.2, 0.25) is 0 Å². The molecule has 1 aliphatic rings. The fourth-order valence-electron chi connectivity index (χ4n) is 1.80. The van der Waals surface area contributed by atoms with Crippen LogP contribution in [0.25, 0.3) is 0 Å². The van der Waals surface area contributed by atoms with Gasteiger partial charge in [-0.1, -0.05) is 30.1 Å². The van der Waals surface area contributed by atoms with Gasteiger partial charge in [0.15, 0.2) is 5.13 Å². The third-order valence-corrected chi connectivity index (χ3v) is 3.66. The number of nitrogens with one attached hydrogen (secondary N) is 1. The molecule has 2 rings (SSSR count). The normalized spacial score (nSPS) is 21.8. The Morgan fingerprint density at radius 1 is 1.74 bits per heavy atom. The molecule has 1 aliphatic heterocycles. The smallest absolute Gasteiger partial charge is 0.255 e. The molecular formula is C13H16N2O3S. The van der Waals surface area contributed by atoms with Crippen LogP contribution < -0.4 is 5.32 Å². The van der Waals surface area contributed by atoms with E-state index in [9.17, 15) is 4.79 Å². The third kappa shape index (κ3) is 3.77. The molecule has 2 N–H and O–H groups in total. The number of aromatic nitrogens is 1. The highest BCUT2D eigenvalue weighted by atomic mass is 32.1. The minimum Gasteiger partial charge on any atom is -0.395 e. The summed E-state index contributed by atoms with van der Waals surface area (Å²) in [6.45, 7) is 2.69. The molecule has 1 fully saturated rings. The van der Waals surface area contributed by atoms with Gasteiger partial charge in [-0.2, -0.15) is 0 Å². The lowest BCUT2D eigenvalue weighted by atomic mass is 10.0. The molecule has 1 amide bonds. The Morgan fingerprint density at radius 2 is 2.58 bits per heavy atom. The number of amides is 1. The Kier molecular flexibility index (Phi) is 4.91. The van der Waals surface area contributed by atoms with Gasteiger partial charge in [0, 0.05) is 13.0 Å². The average Bonchev–Trinajstić information content (AvgIpc) is 2.99. The molecule has 0 aromatic carbocycles. The molecule has 2 atom stereocenters. The average molecular weight is 280 g/mol. The van der Waals surface area contributed by atoms with Gasteiger partial charge in [-0.05, 0) is 12.3 Å². The zero-order valence-corrected chi connectivity index (χ0v) is 11.5. The number of ether oxygens (including phenoxy) is 1. The minimum atomic E-state index is -0.382. The first-order valence-electron chi connectivity index (χ1n) is 6.18. The molecule has 1 saturated heterocycles. The van der Waals surface area contributed by atoms with E-state index in [1.165, 1.54) is 11.3 Å². The van der Waals surface area contributed by atoms with E-state index in [0.717, 1.165) is 11.3 Å². The van der Waals surface area contributed by atoms with Crippen molar-refractivity contribution in [3.05, 3.63) is 11.1 Å². The lowest BCUT2D eigenvalue weighted by molar-refractivity contribution is -0.126. The van der Waals surface area contributed by atoms with E-state index in [4.69, 9.17) is 9.84 Å². The highest BCUT2D eigenvalue weighted by Gasteiger charge is 2.31. The van der Waals surface area contributed by atoms with E-state index in [2.05, 4.69) is 22.1 Å². The molecule has 0 saturated carbocycles. The zero-order valence-electron chi connectivity index (χ0n) is 10.7. The van der Waals surface area contributed by atoms with Gasteiger partial charge >= 0.3 is 0 Å². The van der Waals surface area contributed by atoms with Crippen molar-refractivity contribution in [1.29, 1.82) is 0 Å². The summed E-state index contributed by atoms with van der Waals surface area (Å²) in [5.74, 6) is 5.79. The van der Waals surface area contributed by atoms with Crippen LogP contribution in [0.1, 0.15) is 24.6 Å². The molecule has 0 aliphatic carbocycles. The largest absolute Gasteiger partial charge is 0.395 e. The van der Waals surface area contributed by atoms with E-state index in [-0.39, 0.29) is 24.5 Å². The molecule has 1 aromatic heterocycles. The summed E-state index contributed by atoms with van der Waals surface area (Å²) in [5.41, 5.74) is 0. The second-order valence-electron chi connectivity index (χ2n) is 4.35. The van der Waals surface area contributed by atoms with Crippen molar-refractivity contribution in [2.75, 3.05) is 18.5 Å². The fraction of sp³-hybridized carbons (Fsp3) is 0.538. The Morgan fingerprint density at radius 3 is 3.26 bits per heavy atom. The molecule has 2 unspecified atom stereocenters. The van der Waals surface area contributed by atoms with Crippen LogP contribution in [0.3, 0.4) is 0 Å². The fourth-order valence-corrected chi connectivity index (χ4v) is 2.50. The molecule has 0 spiro atoms. The van der Waals surface area contributed by atoms with Crippen LogP contribution in [0.5, 0.6) is 0 Å². The maximum absolute atomic E-state index is 12.0. The van der Waals surface area contributed by atoms with Crippen LogP contribution in [0.15, 0.2) is 6.20 Å². The predicted octanol–water partition coefficient (Wildman–Crippen LogP) is 1.24. The number of hydrogen-bond acceptors (Lipinski definition) is 5. The highest BCUT2D eigenvalue weighted by molar-refractivity contribution is 7.16. The summed E-state index contributed by atoms with van der Waals surface area (Å²) in [6, 6.07) is 0. The summed E-state index contributed by atoms with van der Waals surface area (Å²) < 4.78 is 5.39. The van der Waals surface area contributed by atoms with Crippen LogP contribution in [0.4, 0.5) is 5.13 Å². The number of carbonyl (C=O) groups excluding carboxylic acids is 1. The molecule has 0 bridgehead atoms. The number of thiazole rings is 1. The van der Waals surface area contributed by atoms with Gasteiger partial charge in [-0.25, -0.2) is 4.98 Å². The number of nitrogens with zero attached hydrogens (tertiary/aromatic N) is 1. The van der Waals surface area contributed by atoms with Crippen molar-refractivity contribution in [2.24, 2.45) is 5.92 Å². The second kappa shape index (κ2) is 6.66. The molecule has 0 radical (unpaired) electrons. The standard InChI is InChI=1S/C13H16N2O3S/c1-9-5-7-18-11(9)12(17)15-13-14-8-10(19-13)4-2-3-6-16/h8-9,11,16H,3,5-7H2,1H3,(H,14,15,17). The topological polar surface area (TPSA) is 71.5 Å². The lowest BCUT2D eigenvalue weighted by Gasteiger charge is -2.12. The maximum atomic E-state index is 12.0. The van der Waals surface area contributed by atoms with Crippen LogP contribution >= 0.6 is 11.3 Å². The van der Waals surface area contributed by atoms with Crippen molar-refractivity contribution in [2.45, 2.75) is 25.9 Å². The molecule has 19 heavy (non-hydrogen) atoms. The maximum Gasteiger partial charge on any atom is 0.255 e. The number of hydrogen-bond donors (Lipinski definition) is 2. The first-order chi connectivity index (χ1) is 9.20. The van der Waals surface area contributed by atoms with Gasteiger partial charge in [-0.3, -0.25) is 10.1 Å². The molecular weight excluding hydrogens is 264 g/mol. The van der Waals surface area contributed by atoms with Crippen LogP contribution in [0.2, 0.25) is 0 Å². The Labute approximate surface area is 116 Å². The summed E-state index contributed by atoms with van der Waals surface area (Å²) in [5, 5.41) is 11.9. The predicted molar refractivity (Wildman–Crippen MR) is 72.8 cm³/mol. The van der Waals surface area contributed by atoms with Gasteiger partial charge in [0.05, 0.1) is 17.7 Å². The molecule has 1 aromatic rings. The van der Waals surface area contributed by atoms with Crippen LogP contribution in [0, 0.1) is 17.8 Å². The quantitative estimate of drug-likeness (QED) is 0.817. The number of carbonyl (C=O) groups is 1. The van der Waals surface area contributed by atoms with Crippen molar-refractivity contribution in [3.8, 4) is 11.8 Å². The first-order valence-corrected chi connectivity index (χ1v) is 7.00. The number of rotatable bonds is 3. The van der Waals surface area contributed by atoms with Crippen molar-refractivity contribution < 1.29 is 14.6 Å². The highest BCUT2D eigenvalue weighted by Crippen LogP contribution is 2.23. The molecule has 2 heterocycles. The third-order valence-electron chi connectivity index (χ3n) is 2.83. The Balaban J connectivity index is 1.93. The van der Waals surface area contributed by atoms with E-state index >= 15 is 0 Å². The monoisotopic (exact) mass is 280 g/mol. The Bertz CT molecular complexity index is 503. The summed E-state index contributed by atoms with van der Waals surface area (Å²) >= 11 is 1.32. The van der Waals surface area contributed by atoms with E-state index in [1.807, 2.05) is 6.92 Å². The SMILES string of the molecule is CC1CCOC1C(=O)Nc1ncc(C#CCCO)s1. The molecule has 102 valence electrons. The van der Waals surface area contributed by atoms with Gasteiger partial charge in [0.1, 0.15) is 6.10 Å². The van der Waals surface area contributed by atoms with Crippen molar-refractivity contribution >= 4 is 22.4 Å². The first kappa shape index (κ1) is 14.0. The zero-order chi connectivity index (χ0) is 13.7. The van der Waals surface area contributed by atoms with Gasteiger partial charge in [-0.15, -0.1) is 0 Å². The number of aliphatic hydroxyl groups excluding tert-OH is 1.